The fourth-order valence-electron chi connectivity index (χ4n) is 2.74. The smallest absolute Gasteiger partial charge is 0.295 e. The van der Waals surface area contributed by atoms with Gasteiger partial charge in [0.2, 0.25) is 0 Å². The molecule has 3 rings (SSSR count). The van der Waals surface area contributed by atoms with E-state index in [1.54, 1.807) is 0 Å². The van der Waals surface area contributed by atoms with Gasteiger partial charge in [-0.1, -0.05) is 31.9 Å². The molecule has 1 aromatic carbocycles. The van der Waals surface area contributed by atoms with Crippen LogP contribution in [-0.4, -0.2) is 11.0 Å². The molecule has 1 N–H and O–H groups in total. The Morgan fingerprint density at radius 1 is 1.17 bits per heavy atom. The summed E-state index contributed by atoms with van der Waals surface area (Å²) in [5, 5.41) is 3.45. The lowest BCUT2D eigenvalue weighted by Gasteiger charge is -2.14. The molecule has 1 aliphatic rings. The molecule has 0 amide bonds. The number of fused-ring (bicyclic) bond motifs is 1. The van der Waals surface area contributed by atoms with Crippen LogP contribution in [0.1, 0.15) is 39.0 Å². The molecule has 0 bridgehead atoms. The Balaban J connectivity index is 1.71. The maximum Gasteiger partial charge on any atom is 0.295 e. The van der Waals surface area contributed by atoms with E-state index in [4.69, 9.17) is 4.42 Å². The van der Waals surface area contributed by atoms with Gasteiger partial charge in [-0.2, -0.15) is 4.98 Å². The lowest BCUT2D eigenvalue weighted by molar-refractivity contribution is 0.499. The summed E-state index contributed by atoms with van der Waals surface area (Å²) in [6.07, 6.45) is 6.41. The molecule has 1 heterocycles. The predicted octanol–water partition coefficient (Wildman–Crippen LogP) is 4.21. The molecule has 1 aliphatic carbocycles. The highest BCUT2D eigenvalue weighted by molar-refractivity contribution is 5.74. The minimum absolute atomic E-state index is 0.517. The number of hydrogen-bond donors (Lipinski definition) is 1. The maximum atomic E-state index is 5.72. The standard InChI is InChI=1S/C15H20N2O/c1-11-5-4-6-12(10-9-11)16-15-17-13-7-2-3-8-14(13)18-15/h2-3,7-8,11-12H,4-6,9-10H2,1H3,(H,16,17). The van der Waals surface area contributed by atoms with Gasteiger partial charge >= 0.3 is 0 Å². The number of nitrogens with zero attached hydrogens (tertiary/aromatic N) is 1. The van der Waals surface area contributed by atoms with E-state index in [1.807, 2.05) is 24.3 Å². The second kappa shape index (κ2) is 5.01. The molecule has 0 spiro atoms. The average Bonchev–Trinajstić information content (AvgIpc) is 2.66. The molecular formula is C15H20N2O. The van der Waals surface area contributed by atoms with Crippen molar-refractivity contribution in [1.29, 1.82) is 0 Å². The minimum Gasteiger partial charge on any atom is -0.424 e. The second-order valence-electron chi connectivity index (χ2n) is 5.44. The first-order valence-corrected chi connectivity index (χ1v) is 6.93. The van der Waals surface area contributed by atoms with Crippen molar-refractivity contribution >= 4 is 17.1 Å². The van der Waals surface area contributed by atoms with Crippen molar-refractivity contribution in [3.8, 4) is 0 Å². The zero-order valence-corrected chi connectivity index (χ0v) is 10.9. The fraction of sp³-hybridized carbons (Fsp3) is 0.533. The van der Waals surface area contributed by atoms with Crippen LogP contribution in [0.3, 0.4) is 0 Å². The third kappa shape index (κ3) is 2.50. The molecule has 0 aliphatic heterocycles. The van der Waals surface area contributed by atoms with Crippen LogP contribution in [-0.2, 0) is 0 Å². The van der Waals surface area contributed by atoms with E-state index >= 15 is 0 Å². The summed E-state index contributed by atoms with van der Waals surface area (Å²) in [5.41, 5.74) is 1.80. The SMILES string of the molecule is CC1CCCC(Nc2nc3ccccc3o2)CC1. The van der Waals surface area contributed by atoms with Gasteiger partial charge in [-0.25, -0.2) is 0 Å². The van der Waals surface area contributed by atoms with Crippen molar-refractivity contribution in [3.05, 3.63) is 24.3 Å². The first-order valence-electron chi connectivity index (χ1n) is 6.93. The Morgan fingerprint density at radius 2 is 2.06 bits per heavy atom. The molecule has 3 heteroatoms. The van der Waals surface area contributed by atoms with Gasteiger partial charge in [-0.15, -0.1) is 0 Å². The number of rotatable bonds is 2. The van der Waals surface area contributed by atoms with Crippen molar-refractivity contribution in [3.63, 3.8) is 0 Å². The van der Waals surface area contributed by atoms with E-state index in [0.29, 0.717) is 12.1 Å². The zero-order chi connectivity index (χ0) is 12.4. The molecule has 2 aromatic rings. The number of benzene rings is 1. The van der Waals surface area contributed by atoms with Crippen molar-refractivity contribution in [2.45, 2.75) is 45.1 Å². The van der Waals surface area contributed by atoms with E-state index in [1.165, 1.54) is 32.1 Å². The molecule has 1 fully saturated rings. The van der Waals surface area contributed by atoms with E-state index in [-0.39, 0.29) is 0 Å². The van der Waals surface area contributed by atoms with Crippen molar-refractivity contribution in [1.82, 2.24) is 4.98 Å². The van der Waals surface area contributed by atoms with Gasteiger partial charge < -0.3 is 9.73 Å². The summed E-state index contributed by atoms with van der Waals surface area (Å²) in [5.74, 6) is 0.862. The highest BCUT2D eigenvalue weighted by Crippen LogP contribution is 2.26. The van der Waals surface area contributed by atoms with E-state index in [0.717, 1.165) is 17.0 Å². The lowest BCUT2D eigenvalue weighted by atomic mass is 10.0. The van der Waals surface area contributed by atoms with Crippen LogP contribution in [0.15, 0.2) is 28.7 Å². The van der Waals surface area contributed by atoms with Crippen LogP contribution in [0.25, 0.3) is 11.1 Å². The van der Waals surface area contributed by atoms with Crippen LogP contribution >= 0.6 is 0 Å². The largest absolute Gasteiger partial charge is 0.424 e. The Kier molecular flexibility index (Phi) is 3.22. The summed E-state index contributed by atoms with van der Waals surface area (Å²) >= 11 is 0. The summed E-state index contributed by atoms with van der Waals surface area (Å²) in [4.78, 5) is 4.48. The molecular weight excluding hydrogens is 224 g/mol. The molecule has 3 nitrogen and oxygen atoms in total. The van der Waals surface area contributed by atoms with Gasteiger partial charge in [0.15, 0.2) is 5.58 Å². The fourth-order valence-corrected chi connectivity index (χ4v) is 2.74. The first-order chi connectivity index (χ1) is 8.81. The summed E-state index contributed by atoms with van der Waals surface area (Å²) in [6, 6.07) is 9.10. The van der Waals surface area contributed by atoms with Gasteiger partial charge in [0, 0.05) is 6.04 Å². The predicted molar refractivity (Wildman–Crippen MR) is 73.7 cm³/mol. The van der Waals surface area contributed by atoms with Crippen LogP contribution in [0.4, 0.5) is 6.01 Å². The monoisotopic (exact) mass is 244 g/mol. The zero-order valence-electron chi connectivity index (χ0n) is 10.9. The Morgan fingerprint density at radius 3 is 2.94 bits per heavy atom. The average molecular weight is 244 g/mol. The van der Waals surface area contributed by atoms with Crippen LogP contribution in [0.2, 0.25) is 0 Å². The van der Waals surface area contributed by atoms with Crippen LogP contribution in [0.5, 0.6) is 0 Å². The molecule has 96 valence electrons. The van der Waals surface area contributed by atoms with Gasteiger partial charge in [-0.3, -0.25) is 0 Å². The molecule has 1 aromatic heterocycles. The minimum atomic E-state index is 0.517. The van der Waals surface area contributed by atoms with Gasteiger partial charge in [0.1, 0.15) is 5.52 Å². The summed E-state index contributed by atoms with van der Waals surface area (Å²) in [7, 11) is 0. The topological polar surface area (TPSA) is 38.1 Å². The molecule has 2 unspecified atom stereocenters. The van der Waals surface area contributed by atoms with E-state index < -0.39 is 0 Å². The quantitative estimate of drug-likeness (QED) is 0.804. The number of hydrogen-bond acceptors (Lipinski definition) is 3. The molecule has 18 heavy (non-hydrogen) atoms. The normalized spacial score (nSPS) is 24.9. The van der Waals surface area contributed by atoms with Gasteiger partial charge in [0.25, 0.3) is 6.01 Å². The third-order valence-electron chi connectivity index (χ3n) is 3.88. The number of oxazole rings is 1. The Bertz CT molecular complexity index is 487. The number of aromatic nitrogens is 1. The highest BCUT2D eigenvalue weighted by Gasteiger charge is 2.17. The third-order valence-corrected chi connectivity index (χ3v) is 3.88. The Labute approximate surface area is 108 Å². The lowest BCUT2D eigenvalue weighted by Crippen LogP contribution is -2.18. The summed E-state index contributed by atoms with van der Waals surface area (Å²) in [6.45, 7) is 2.35. The first kappa shape index (κ1) is 11.6. The Hall–Kier alpha value is -1.51. The van der Waals surface area contributed by atoms with Crippen LogP contribution < -0.4 is 5.32 Å². The number of nitrogens with one attached hydrogen (secondary N) is 1. The molecule has 2 atom stereocenters. The molecule has 0 radical (unpaired) electrons. The number of anilines is 1. The molecule has 0 saturated heterocycles. The van der Waals surface area contributed by atoms with Crippen molar-refractivity contribution in [2.24, 2.45) is 5.92 Å². The second-order valence-corrected chi connectivity index (χ2v) is 5.44. The van der Waals surface area contributed by atoms with E-state index in [9.17, 15) is 0 Å². The van der Waals surface area contributed by atoms with Gasteiger partial charge in [-0.05, 0) is 37.3 Å². The van der Waals surface area contributed by atoms with Crippen LogP contribution in [0, 0.1) is 5.92 Å². The van der Waals surface area contributed by atoms with E-state index in [2.05, 4.69) is 17.2 Å². The molecule has 1 saturated carbocycles. The number of para-hydroxylation sites is 2. The maximum absolute atomic E-state index is 5.72. The summed E-state index contributed by atoms with van der Waals surface area (Å²) < 4.78 is 5.72. The van der Waals surface area contributed by atoms with Crippen molar-refractivity contribution in [2.75, 3.05) is 5.32 Å². The highest BCUT2D eigenvalue weighted by atomic mass is 16.4. The van der Waals surface area contributed by atoms with Crippen molar-refractivity contribution < 1.29 is 4.42 Å². The van der Waals surface area contributed by atoms with Gasteiger partial charge in [0.05, 0.1) is 0 Å².